The number of carbonyl (C=O) groups is 1. The van der Waals surface area contributed by atoms with Gasteiger partial charge in [-0.2, -0.15) is 5.10 Å². The van der Waals surface area contributed by atoms with E-state index < -0.39 is 10.8 Å². The number of halogens is 1. The molecule has 1 aromatic heterocycles. The normalized spacial score (nSPS) is 10.5. The van der Waals surface area contributed by atoms with Gasteiger partial charge in [0.25, 0.3) is 11.6 Å². The van der Waals surface area contributed by atoms with Crippen molar-refractivity contribution in [1.82, 2.24) is 20.1 Å². The van der Waals surface area contributed by atoms with Crippen LogP contribution in [0.3, 0.4) is 0 Å². The number of hydrogen-bond donors (Lipinski definition) is 1. The lowest BCUT2D eigenvalue weighted by Crippen LogP contribution is -2.24. The molecular formula is C17H14ClN5O3. The number of carbonyl (C=O) groups excluding carboxylic acids is 1. The Kier molecular flexibility index (Phi) is 5.23. The van der Waals surface area contributed by atoms with Crippen LogP contribution in [-0.2, 0) is 13.1 Å². The van der Waals surface area contributed by atoms with Crippen molar-refractivity contribution in [1.29, 1.82) is 0 Å². The number of benzene rings is 2. The Morgan fingerprint density at radius 2 is 2.00 bits per heavy atom. The Balaban J connectivity index is 1.71. The first-order valence-electron chi connectivity index (χ1n) is 7.66. The van der Waals surface area contributed by atoms with Crippen LogP contribution in [0.5, 0.6) is 0 Å². The van der Waals surface area contributed by atoms with Gasteiger partial charge in [0.2, 0.25) is 0 Å². The molecule has 1 amide bonds. The first-order valence-corrected chi connectivity index (χ1v) is 8.03. The predicted molar refractivity (Wildman–Crippen MR) is 94.8 cm³/mol. The van der Waals surface area contributed by atoms with E-state index >= 15 is 0 Å². The molecule has 3 aromatic rings. The summed E-state index contributed by atoms with van der Waals surface area (Å²) >= 11 is 5.99. The average molecular weight is 372 g/mol. The molecule has 0 atom stereocenters. The van der Waals surface area contributed by atoms with E-state index in [1.165, 1.54) is 18.5 Å². The van der Waals surface area contributed by atoms with Gasteiger partial charge in [-0.25, -0.2) is 9.67 Å². The second kappa shape index (κ2) is 7.75. The summed E-state index contributed by atoms with van der Waals surface area (Å²) in [6.07, 6.45) is 3.08. The van der Waals surface area contributed by atoms with E-state index in [0.717, 1.165) is 17.2 Å². The molecule has 0 aliphatic rings. The second-order valence-corrected chi connectivity index (χ2v) is 5.87. The number of nitro benzene ring substituents is 1. The van der Waals surface area contributed by atoms with Crippen molar-refractivity contribution in [2.24, 2.45) is 0 Å². The van der Waals surface area contributed by atoms with Crippen LogP contribution in [0.4, 0.5) is 5.69 Å². The number of nitrogens with one attached hydrogen (secondary N) is 1. The first-order chi connectivity index (χ1) is 12.5. The highest BCUT2D eigenvalue weighted by atomic mass is 35.5. The lowest BCUT2D eigenvalue weighted by molar-refractivity contribution is -0.384. The molecule has 0 aliphatic heterocycles. The van der Waals surface area contributed by atoms with Crippen LogP contribution in [0, 0.1) is 10.1 Å². The summed E-state index contributed by atoms with van der Waals surface area (Å²) in [6.45, 7) is 0.821. The molecule has 0 aliphatic carbocycles. The van der Waals surface area contributed by atoms with Gasteiger partial charge in [0.15, 0.2) is 0 Å². The lowest BCUT2D eigenvalue weighted by atomic mass is 10.1. The van der Waals surface area contributed by atoms with Gasteiger partial charge < -0.3 is 5.32 Å². The SMILES string of the molecule is O=C(NCc1ccccc1Cn1cncn1)c1ccc([N+](=O)[O-])cc1Cl. The fraction of sp³-hybridized carbons (Fsp3) is 0.118. The van der Waals surface area contributed by atoms with Crippen molar-refractivity contribution in [2.45, 2.75) is 13.1 Å². The monoisotopic (exact) mass is 371 g/mol. The minimum absolute atomic E-state index is 0.0348. The molecule has 0 saturated heterocycles. The third kappa shape index (κ3) is 4.04. The fourth-order valence-corrected chi connectivity index (χ4v) is 2.71. The van der Waals surface area contributed by atoms with Gasteiger partial charge in [0, 0.05) is 18.7 Å². The Morgan fingerprint density at radius 3 is 2.65 bits per heavy atom. The van der Waals surface area contributed by atoms with Crippen molar-refractivity contribution in [3.63, 3.8) is 0 Å². The zero-order valence-electron chi connectivity index (χ0n) is 13.5. The molecule has 0 spiro atoms. The second-order valence-electron chi connectivity index (χ2n) is 5.47. The van der Waals surface area contributed by atoms with Crippen LogP contribution in [0.1, 0.15) is 21.5 Å². The van der Waals surface area contributed by atoms with Gasteiger partial charge in [-0.1, -0.05) is 35.9 Å². The maximum Gasteiger partial charge on any atom is 0.270 e. The summed E-state index contributed by atoms with van der Waals surface area (Å²) in [5.41, 5.74) is 1.94. The molecule has 0 saturated carbocycles. The van der Waals surface area contributed by atoms with E-state index in [2.05, 4.69) is 15.4 Å². The van der Waals surface area contributed by atoms with E-state index in [-0.39, 0.29) is 22.8 Å². The maximum atomic E-state index is 12.4. The molecule has 0 unspecified atom stereocenters. The van der Waals surface area contributed by atoms with Crippen molar-refractivity contribution < 1.29 is 9.72 Å². The van der Waals surface area contributed by atoms with Gasteiger partial charge in [-0.05, 0) is 17.2 Å². The molecular weight excluding hydrogens is 358 g/mol. The topological polar surface area (TPSA) is 103 Å². The summed E-state index contributed by atoms with van der Waals surface area (Å²) in [4.78, 5) is 26.5. The van der Waals surface area contributed by atoms with Gasteiger partial charge in [0.05, 0.1) is 22.1 Å². The van der Waals surface area contributed by atoms with Gasteiger partial charge in [-0.15, -0.1) is 0 Å². The number of nitro groups is 1. The molecule has 9 heteroatoms. The number of nitrogens with zero attached hydrogens (tertiary/aromatic N) is 4. The van der Waals surface area contributed by atoms with E-state index in [1.807, 2.05) is 24.3 Å². The summed E-state index contributed by atoms with van der Waals surface area (Å²) in [7, 11) is 0. The van der Waals surface area contributed by atoms with Crippen LogP contribution >= 0.6 is 11.6 Å². The van der Waals surface area contributed by atoms with Crippen molar-refractivity contribution >= 4 is 23.2 Å². The van der Waals surface area contributed by atoms with E-state index in [0.29, 0.717) is 6.54 Å². The van der Waals surface area contributed by atoms with E-state index in [4.69, 9.17) is 11.6 Å². The molecule has 0 fully saturated rings. The number of non-ortho nitro benzene ring substituents is 1. The summed E-state index contributed by atoms with van der Waals surface area (Å²) in [5.74, 6) is -0.402. The molecule has 2 aromatic carbocycles. The van der Waals surface area contributed by atoms with Gasteiger partial charge >= 0.3 is 0 Å². The Bertz CT molecular complexity index is 943. The number of rotatable bonds is 6. The number of hydrogen-bond acceptors (Lipinski definition) is 5. The third-order valence-corrected chi connectivity index (χ3v) is 4.08. The summed E-state index contributed by atoms with van der Waals surface area (Å²) < 4.78 is 1.69. The molecule has 0 bridgehead atoms. The molecule has 0 radical (unpaired) electrons. The molecule has 132 valence electrons. The first kappa shape index (κ1) is 17.6. The van der Waals surface area contributed by atoms with Crippen LogP contribution in [0.25, 0.3) is 0 Å². The Hall–Kier alpha value is -3.26. The Labute approximate surface area is 153 Å². The fourth-order valence-electron chi connectivity index (χ4n) is 2.45. The van der Waals surface area contributed by atoms with Gasteiger partial charge in [0.1, 0.15) is 12.7 Å². The number of amides is 1. The molecule has 1 N–H and O–H groups in total. The largest absolute Gasteiger partial charge is 0.348 e. The standard InChI is InChI=1S/C17H14ClN5O3/c18-16-7-14(23(25)26)5-6-15(16)17(24)20-8-12-3-1-2-4-13(12)9-22-11-19-10-21-22/h1-7,10-11H,8-9H2,(H,20,24). The number of aromatic nitrogens is 3. The summed E-state index contributed by atoms with van der Waals surface area (Å²) in [5, 5.41) is 17.6. The van der Waals surface area contributed by atoms with Gasteiger partial charge in [-0.3, -0.25) is 14.9 Å². The van der Waals surface area contributed by atoms with Crippen LogP contribution in [0.2, 0.25) is 5.02 Å². The van der Waals surface area contributed by atoms with Crippen LogP contribution in [-0.4, -0.2) is 25.6 Å². The zero-order valence-corrected chi connectivity index (χ0v) is 14.3. The van der Waals surface area contributed by atoms with Crippen LogP contribution in [0.15, 0.2) is 55.1 Å². The molecule has 8 nitrogen and oxygen atoms in total. The molecule has 26 heavy (non-hydrogen) atoms. The van der Waals surface area contributed by atoms with E-state index in [1.54, 1.807) is 11.0 Å². The van der Waals surface area contributed by atoms with Crippen LogP contribution < -0.4 is 5.32 Å². The lowest BCUT2D eigenvalue weighted by Gasteiger charge is -2.11. The molecule has 3 rings (SSSR count). The minimum Gasteiger partial charge on any atom is -0.348 e. The zero-order chi connectivity index (χ0) is 18.5. The highest BCUT2D eigenvalue weighted by Gasteiger charge is 2.15. The Morgan fingerprint density at radius 1 is 1.23 bits per heavy atom. The third-order valence-electron chi connectivity index (χ3n) is 3.76. The van der Waals surface area contributed by atoms with Crippen molar-refractivity contribution in [2.75, 3.05) is 0 Å². The highest BCUT2D eigenvalue weighted by Crippen LogP contribution is 2.22. The maximum absolute atomic E-state index is 12.4. The smallest absolute Gasteiger partial charge is 0.270 e. The average Bonchev–Trinajstić information content (AvgIpc) is 3.13. The minimum atomic E-state index is -0.562. The molecule has 1 heterocycles. The van der Waals surface area contributed by atoms with Crippen molar-refractivity contribution in [3.05, 3.63) is 86.9 Å². The predicted octanol–water partition coefficient (Wildman–Crippen LogP) is 2.82. The van der Waals surface area contributed by atoms with E-state index in [9.17, 15) is 14.9 Å². The highest BCUT2D eigenvalue weighted by molar-refractivity contribution is 6.34. The quantitative estimate of drug-likeness (QED) is 0.530. The summed E-state index contributed by atoms with van der Waals surface area (Å²) in [6, 6.07) is 11.4. The van der Waals surface area contributed by atoms with Crippen molar-refractivity contribution in [3.8, 4) is 0 Å².